The molecule has 0 saturated carbocycles. The lowest BCUT2D eigenvalue weighted by Crippen LogP contribution is -2.74. The van der Waals surface area contributed by atoms with Crippen LogP contribution in [0.2, 0.25) is 0 Å². The van der Waals surface area contributed by atoms with Crippen molar-refractivity contribution in [1.82, 2.24) is 0 Å². The molecule has 0 N–H and O–H groups in total. The molecule has 0 radical (unpaired) electrons. The van der Waals surface area contributed by atoms with Crippen molar-refractivity contribution in [3.63, 3.8) is 0 Å². The van der Waals surface area contributed by atoms with E-state index < -0.39 is 13.4 Å². The maximum atomic E-state index is 2.35. The second kappa shape index (κ2) is 19.0. The van der Waals surface area contributed by atoms with Crippen molar-refractivity contribution >= 4 is 51.2 Å². The first kappa shape index (κ1) is 36.8. The zero-order valence-electron chi connectivity index (χ0n) is 30.7. The van der Waals surface area contributed by atoms with Gasteiger partial charge < -0.3 is 0 Å². The van der Waals surface area contributed by atoms with E-state index in [1.54, 1.807) is 0 Å². The minimum absolute atomic E-state index is 1.22. The number of hydrogen-bond acceptors (Lipinski definition) is 0. The monoisotopic (exact) mass is 694 g/mol. The van der Waals surface area contributed by atoms with Gasteiger partial charge in [0.15, 0.2) is 0 Å². The van der Waals surface area contributed by atoms with Crippen LogP contribution in [-0.4, -0.2) is 12.3 Å². The zero-order valence-corrected chi connectivity index (χ0v) is 31.6. The molecule has 7 aromatic carbocycles. The molecule has 0 aromatic heterocycles. The molecule has 7 rings (SSSR count). The van der Waals surface area contributed by atoms with Crippen LogP contribution in [0, 0.1) is 0 Å². The molecule has 52 heavy (non-hydrogen) atoms. The lowest BCUT2D eigenvalue weighted by molar-refractivity contribution is 0.626. The molecular weight excluding hydrogens is 642 g/mol. The van der Waals surface area contributed by atoms with Crippen LogP contribution in [0.5, 0.6) is 0 Å². The van der Waals surface area contributed by atoms with E-state index in [0.29, 0.717) is 0 Å². The Balaban J connectivity index is 0.000000179. The average molecular weight is 695 g/mol. The van der Waals surface area contributed by atoms with Gasteiger partial charge in [0.05, 0.1) is 6.16 Å². The van der Waals surface area contributed by atoms with E-state index >= 15 is 0 Å². The van der Waals surface area contributed by atoms with E-state index in [4.69, 9.17) is 0 Å². The fraction of sp³-hybridized carbons (Fsp3) is 0.160. The molecule has 0 unspecified atom stereocenters. The maximum absolute atomic E-state index is 2.35. The Bertz CT molecular complexity index is 1720. The van der Waals surface area contributed by atoms with Gasteiger partial charge in [0, 0.05) is 0 Å². The maximum Gasteiger partial charge on any atom is 0.112 e. The highest BCUT2D eigenvalue weighted by molar-refractivity contribution is 7.95. The third-order valence-electron chi connectivity index (χ3n) is 10.6. The summed E-state index contributed by atoms with van der Waals surface area (Å²) in [5.74, 6) is 0. The summed E-state index contributed by atoms with van der Waals surface area (Å²) in [7, 11) is -1.61. The second-order valence-corrected chi connectivity index (χ2v) is 17.4. The first-order chi connectivity index (χ1) is 25.8. The first-order valence-corrected chi connectivity index (χ1v) is 21.2. The predicted molar refractivity (Wildman–Crippen MR) is 233 cm³/mol. The van der Waals surface area contributed by atoms with Crippen molar-refractivity contribution in [2.45, 2.75) is 45.4 Å². The quantitative estimate of drug-likeness (QED) is 0.0605. The van der Waals surface area contributed by atoms with E-state index in [1.807, 2.05) is 0 Å². The van der Waals surface area contributed by atoms with Crippen LogP contribution in [0.1, 0.15) is 45.4 Å². The van der Waals surface area contributed by atoms with Crippen LogP contribution in [-0.2, 0) is 0 Å². The average Bonchev–Trinajstić information content (AvgIpc) is 3.24. The second-order valence-electron chi connectivity index (χ2n) is 13.8. The van der Waals surface area contributed by atoms with Gasteiger partial charge in [-0.05, 0) is 49.2 Å². The van der Waals surface area contributed by atoms with Crippen LogP contribution >= 0.6 is 7.26 Å². The third kappa shape index (κ3) is 8.39. The molecule has 0 spiro atoms. The third-order valence-corrected chi connectivity index (χ3v) is 15.2. The van der Waals surface area contributed by atoms with Gasteiger partial charge in [0.1, 0.15) is 29.3 Å². The molecule has 0 bridgehead atoms. The largest absolute Gasteiger partial charge is 0.195 e. The summed E-state index contributed by atoms with van der Waals surface area (Å²) in [5, 5.41) is 4.53. The standard InChI is InChI=1S/C26H32P.C24H20B/c1-2-3-4-5-6-16-23-27(24-17-10-7-11-18-24,25-19-12-8-13-20-25)26-21-14-9-15-22-26;1-5-13-21(14-6-1)25(22-15-7-2-8-16-22,23-17-9-3-10-18-23)24-19-11-4-12-20-24/h7-15,17-22H,2-6,16,23H2,1H3;1-20H/q+1;-1. The van der Waals surface area contributed by atoms with Crippen molar-refractivity contribution in [3.8, 4) is 0 Å². The Hall–Kier alpha value is -4.97. The molecule has 0 fully saturated rings. The molecule has 7 aromatic rings. The summed E-state index contributed by atoms with van der Waals surface area (Å²) in [6.07, 6.45) is 8.12. The Labute approximate surface area is 313 Å². The fourth-order valence-electron chi connectivity index (χ4n) is 8.13. The molecule has 260 valence electrons. The molecular formula is C50H52BP. The lowest BCUT2D eigenvalue weighted by atomic mass is 9.13. The number of benzene rings is 7. The minimum atomic E-state index is -1.61. The van der Waals surface area contributed by atoms with E-state index in [0.717, 1.165) is 0 Å². The molecule has 0 aliphatic heterocycles. The normalized spacial score (nSPS) is 11.3. The van der Waals surface area contributed by atoms with E-state index in [1.165, 1.54) is 82.5 Å². The van der Waals surface area contributed by atoms with Gasteiger partial charge in [-0.25, -0.2) is 0 Å². The van der Waals surface area contributed by atoms with Gasteiger partial charge in [-0.15, -0.1) is 0 Å². The van der Waals surface area contributed by atoms with Gasteiger partial charge >= 0.3 is 0 Å². The number of rotatable bonds is 14. The summed E-state index contributed by atoms with van der Waals surface area (Å²) in [4.78, 5) is 0. The predicted octanol–water partition coefficient (Wildman–Crippen LogP) is 9.41. The van der Waals surface area contributed by atoms with Gasteiger partial charge in [-0.2, -0.15) is 21.9 Å². The molecule has 0 nitrogen and oxygen atoms in total. The summed E-state index contributed by atoms with van der Waals surface area (Å²) in [6.45, 7) is 2.29. The van der Waals surface area contributed by atoms with Crippen LogP contribution in [0.4, 0.5) is 0 Å². The Morgan fingerprint density at radius 3 is 0.846 bits per heavy atom. The van der Waals surface area contributed by atoms with E-state index in [2.05, 4.69) is 219 Å². The summed E-state index contributed by atoms with van der Waals surface area (Å²) < 4.78 is 0. The van der Waals surface area contributed by atoms with Crippen LogP contribution in [0.25, 0.3) is 0 Å². The SMILES string of the molecule is CCCCCCCC[P+](c1ccccc1)(c1ccccc1)c1ccccc1.c1ccc([B-](c2ccccc2)(c2ccccc2)c2ccccc2)cc1. The Morgan fingerprint density at radius 1 is 0.308 bits per heavy atom. The van der Waals surface area contributed by atoms with Crippen LogP contribution in [0.3, 0.4) is 0 Å². The van der Waals surface area contributed by atoms with Gasteiger partial charge in [-0.1, -0.05) is 209 Å². The summed E-state index contributed by atoms with van der Waals surface area (Å²) in [5.41, 5.74) is 5.36. The highest BCUT2D eigenvalue weighted by atomic mass is 31.2. The molecule has 0 amide bonds. The smallest absolute Gasteiger partial charge is 0.112 e. The van der Waals surface area contributed by atoms with Crippen molar-refractivity contribution in [2.24, 2.45) is 0 Å². The van der Waals surface area contributed by atoms with Crippen LogP contribution < -0.4 is 37.8 Å². The molecule has 0 atom stereocenters. The van der Waals surface area contributed by atoms with Gasteiger partial charge in [0.2, 0.25) is 0 Å². The molecule has 2 heteroatoms. The molecule has 0 aliphatic rings. The zero-order chi connectivity index (χ0) is 35.7. The highest BCUT2D eigenvalue weighted by Gasteiger charge is 2.44. The summed E-state index contributed by atoms with van der Waals surface area (Å²) >= 11 is 0. The van der Waals surface area contributed by atoms with Gasteiger partial charge in [-0.3, -0.25) is 0 Å². The molecule has 0 aliphatic carbocycles. The Kier molecular flexibility index (Phi) is 13.5. The minimum Gasteiger partial charge on any atom is -0.195 e. The Morgan fingerprint density at radius 2 is 0.558 bits per heavy atom. The number of hydrogen-bond donors (Lipinski definition) is 0. The van der Waals surface area contributed by atoms with Crippen molar-refractivity contribution in [1.29, 1.82) is 0 Å². The summed E-state index contributed by atoms with van der Waals surface area (Å²) in [6, 6.07) is 77.3. The first-order valence-electron chi connectivity index (χ1n) is 19.2. The highest BCUT2D eigenvalue weighted by Crippen LogP contribution is 2.56. The van der Waals surface area contributed by atoms with Crippen LogP contribution in [0.15, 0.2) is 212 Å². The number of unbranched alkanes of at least 4 members (excludes halogenated alkanes) is 5. The molecule has 0 saturated heterocycles. The van der Waals surface area contributed by atoms with Crippen molar-refractivity contribution in [3.05, 3.63) is 212 Å². The molecule has 0 heterocycles. The van der Waals surface area contributed by atoms with E-state index in [-0.39, 0.29) is 0 Å². The van der Waals surface area contributed by atoms with Crippen molar-refractivity contribution in [2.75, 3.05) is 6.16 Å². The van der Waals surface area contributed by atoms with Gasteiger partial charge in [0.25, 0.3) is 0 Å². The van der Waals surface area contributed by atoms with Crippen molar-refractivity contribution < 1.29 is 0 Å². The topological polar surface area (TPSA) is 0 Å². The van der Waals surface area contributed by atoms with E-state index in [9.17, 15) is 0 Å². The fourth-order valence-corrected chi connectivity index (χ4v) is 12.5. The lowest BCUT2D eigenvalue weighted by Gasteiger charge is -2.44.